The summed E-state index contributed by atoms with van der Waals surface area (Å²) >= 11 is 0. The topological polar surface area (TPSA) is 53.4 Å². The Kier molecular flexibility index (Phi) is 4.35. The molecule has 0 aromatic carbocycles. The maximum atomic E-state index is 13.1. The Morgan fingerprint density at radius 3 is 2.58 bits per heavy atom. The number of aromatic carboxylic acids is 1. The molecule has 0 bridgehead atoms. The zero-order chi connectivity index (χ0) is 13.8. The molecule has 0 radical (unpaired) electrons. The fraction of sp³-hybridized carbons (Fsp3) is 0.571. The molecule has 1 aromatic rings. The van der Waals surface area contributed by atoms with Crippen molar-refractivity contribution in [3.8, 4) is 0 Å². The number of pyridine rings is 1. The van der Waals surface area contributed by atoms with Gasteiger partial charge < -0.3 is 10.0 Å². The molecule has 0 saturated heterocycles. The molecule has 0 aliphatic heterocycles. The van der Waals surface area contributed by atoms with Gasteiger partial charge in [0.05, 0.1) is 6.20 Å². The molecular formula is C14H19FN2O2. The van der Waals surface area contributed by atoms with Crippen LogP contribution in [0.4, 0.5) is 10.2 Å². The first-order valence-electron chi connectivity index (χ1n) is 6.71. The van der Waals surface area contributed by atoms with Crippen molar-refractivity contribution in [2.45, 2.75) is 44.6 Å². The van der Waals surface area contributed by atoms with Gasteiger partial charge in [0.2, 0.25) is 0 Å². The zero-order valence-corrected chi connectivity index (χ0v) is 11.1. The average Bonchev–Trinajstić information content (AvgIpc) is 2.66. The van der Waals surface area contributed by atoms with E-state index in [1.165, 1.54) is 12.8 Å². The van der Waals surface area contributed by atoms with Crippen molar-refractivity contribution in [2.75, 3.05) is 11.9 Å². The van der Waals surface area contributed by atoms with Crippen LogP contribution in [0, 0.1) is 5.82 Å². The molecule has 1 aromatic heterocycles. The van der Waals surface area contributed by atoms with Crippen molar-refractivity contribution >= 4 is 11.8 Å². The van der Waals surface area contributed by atoms with Crippen LogP contribution in [0.2, 0.25) is 0 Å². The molecule has 1 aliphatic rings. The molecule has 19 heavy (non-hydrogen) atoms. The molecule has 104 valence electrons. The fourth-order valence-electron chi connectivity index (χ4n) is 2.69. The van der Waals surface area contributed by atoms with Gasteiger partial charge in [-0.25, -0.2) is 14.2 Å². The van der Waals surface area contributed by atoms with Crippen LogP contribution in [0.1, 0.15) is 48.9 Å². The van der Waals surface area contributed by atoms with Gasteiger partial charge in [-0.1, -0.05) is 25.7 Å². The Hall–Kier alpha value is -1.65. The molecule has 0 atom stereocenters. The fourth-order valence-corrected chi connectivity index (χ4v) is 2.69. The predicted octanol–water partition coefficient (Wildman–Crippen LogP) is 3.08. The number of hydrogen-bond donors (Lipinski definition) is 1. The van der Waals surface area contributed by atoms with Crippen LogP contribution in [-0.4, -0.2) is 29.1 Å². The van der Waals surface area contributed by atoms with Gasteiger partial charge in [0.25, 0.3) is 0 Å². The third-order valence-corrected chi connectivity index (χ3v) is 3.77. The Labute approximate surface area is 112 Å². The van der Waals surface area contributed by atoms with E-state index in [0.29, 0.717) is 11.9 Å². The number of carbonyl (C=O) groups is 1. The first kappa shape index (κ1) is 13.8. The minimum absolute atomic E-state index is 0.0632. The highest BCUT2D eigenvalue weighted by Gasteiger charge is 2.23. The molecule has 4 nitrogen and oxygen atoms in total. The average molecular weight is 266 g/mol. The molecule has 0 unspecified atom stereocenters. The lowest BCUT2D eigenvalue weighted by Crippen LogP contribution is -2.33. The summed E-state index contributed by atoms with van der Waals surface area (Å²) < 4.78 is 13.1. The number of nitrogens with zero attached hydrogens (tertiary/aromatic N) is 2. The molecule has 5 heteroatoms. The minimum atomic E-state index is -1.14. The van der Waals surface area contributed by atoms with Crippen LogP contribution in [0.15, 0.2) is 12.3 Å². The third-order valence-electron chi connectivity index (χ3n) is 3.77. The van der Waals surface area contributed by atoms with Crippen LogP contribution in [0.25, 0.3) is 0 Å². The van der Waals surface area contributed by atoms with Crippen molar-refractivity contribution in [3.63, 3.8) is 0 Å². The van der Waals surface area contributed by atoms with E-state index in [-0.39, 0.29) is 5.56 Å². The second-order valence-electron chi connectivity index (χ2n) is 5.09. The maximum absolute atomic E-state index is 13.1. The quantitative estimate of drug-likeness (QED) is 0.854. The maximum Gasteiger partial charge on any atom is 0.339 e. The summed E-state index contributed by atoms with van der Waals surface area (Å²) in [6, 6.07) is 1.33. The molecule has 1 saturated carbocycles. The van der Waals surface area contributed by atoms with E-state index in [9.17, 15) is 9.18 Å². The standard InChI is InChI=1S/C14H19FN2O2/c1-17(11-6-4-2-3-5-7-11)13-12(14(18)19)8-10(15)9-16-13/h8-9,11H,2-7H2,1H3,(H,18,19). The first-order valence-corrected chi connectivity index (χ1v) is 6.71. The SMILES string of the molecule is CN(c1ncc(F)cc1C(=O)O)C1CCCCCC1. The second-order valence-corrected chi connectivity index (χ2v) is 5.09. The van der Waals surface area contributed by atoms with E-state index in [4.69, 9.17) is 5.11 Å². The molecule has 1 aliphatic carbocycles. The summed E-state index contributed by atoms with van der Waals surface area (Å²) in [6.07, 6.45) is 7.91. The van der Waals surface area contributed by atoms with Gasteiger partial charge in [-0.15, -0.1) is 0 Å². The van der Waals surface area contributed by atoms with Crippen molar-refractivity contribution in [2.24, 2.45) is 0 Å². The predicted molar refractivity (Wildman–Crippen MR) is 71.0 cm³/mol. The van der Waals surface area contributed by atoms with Gasteiger partial charge >= 0.3 is 5.97 Å². The smallest absolute Gasteiger partial charge is 0.339 e. The van der Waals surface area contributed by atoms with Crippen molar-refractivity contribution in [1.82, 2.24) is 4.98 Å². The number of aromatic nitrogens is 1. The highest BCUT2D eigenvalue weighted by atomic mass is 19.1. The lowest BCUT2D eigenvalue weighted by atomic mass is 10.1. The minimum Gasteiger partial charge on any atom is -0.478 e. The van der Waals surface area contributed by atoms with Gasteiger partial charge in [-0.3, -0.25) is 0 Å². The first-order chi connectivity index (χ1) is 9.09. The molecular weight excluding hydrogens is 247 g/mol. The Morgan fingerprint density at radius 1 is 1.37 bits per heavy atom. The summed E-state index contributed by atoms with van der Waals surface area (Å²) in [6.45, 7) is 0. The van der Waals surface area contributed by atoms with E-state index in [1.54, 1.807) is 0 Å². The number of hydrogen-bond acceptors (Lipinski definition) is 3. The Morgan fingerprint density at radius 2 is 2.00 bits per heavy atom. The van der Waals surface area contributed by atoms with Gasteiger partial charge in [0.15, 0.2) is 0 Å². The molecule has 0 amide bonds. The molecule has 1 heterocycles. The summed E-state index contributed by atoms with van der Waals surface area (Å²) in [7, 11) is 1.85. The molecule has 1 N–H and O–H groups in total. The highest BCUT2D eigenvalue weighted by molar-refractivity contribution is 5.93. The van der Waals surface area contributed by atoms with Crippen LogP contribution in [0.3, 0.4) is 0 Å². The van der Waals surface area contributed by atoms with Crippen LogP contribution in [-0.2, 0) is 0 Å². The monoisotopic (exact) mass is 266 g/mol. The Balaban J connectivity index is 2.26. The highest BCUT2D eigenvalue weighted by Crippen LogP contribution is 2.26. The molecule has 1 fully saturated rings. The van der Waals surface area contributed by atoms with Crippen LogP contribution in [0.5, 0.6) is 0 Å². The van der Waals surface area contributed by atoms with Gasteiger partial charge in [-0.05, 0) is 18.9 Å². The van der Waals surface area contributed by atoms with E-state index < -0.39 is 11.8 Å². The summed E-state index contributed by atoms with van der Waals surface area (Å²) in [5.41, 5.74) is -0.0632. The number of carboxylic acids is 1. The van der Waals surface area contributed by atoms with Crippen molar-refractivity contribution in [3.05, 3.63) is 23.6 Å². The van der Waals surface area contributed by atoms with Gasteiger partial charge in [0, 0.05) is 13.1 Å². The van der Waals surface area contributed by atoms with Crippen LogP contribution < -0.4 is 4.90 Å². The van der Waals surface area contributed by atoms with E-state index in [1.807, 2.05) is 11.9 Å². The van der Waals surface area contributed by atoms with E-state index in [0.717, 1.165) is 37.9 Å². The number of rotatable bonds is 3. The van der Waals surface area contributed by atoms with E-state index >= 15 is 0 Å². The lowest BCUT2D eigenvalue weighted by Gasteiger charge is -2.29. The number of carboxylic acid groups (broad SMARTS) is 1. The Bertz CT molecular complexity index is 457. The van der Waals surface area contributed by atoms with Crippen molar-refractivity contribution in [1.29, 1.82) is 0 Å². The van der Waals surface area contributed by atoms with Gasteiger partial charge in [-0.2, -0.15) is 0 Å². The second kappa shape index (κ2) is 5.99. The largest absolute Gasteiger partial charge is 0.478 e. The third kappa shape index (κ3) is 3.22. The summed E-state index contributed by atoms with van der Waals surface area (Å²) in [5, 5.41) is 9.16. The van der Waals surface area contributed by atoms with E-state index in [2.05, 4.69) is 4.98 Å². The normalized spacial score (nSPS) is 16.9. The number of anilines is 1. The van der Waals surface area contributed by atoms with Crippen molar-refractivity contribution < 1.29 is 14.3 Å². The zero-order valence-electron chi connectivity index (χ0n) is 11.1. The number of halogens is 1. The molecule has 0 spiro atoms. The molecule has 2 rings (SSSR count). The summed E-state index contributed by atoms with van der Waals surface area (Å²) in [4.78, 5) is 17.1. The van der Waals surface area contributed by atoms with Gasteiger partial charge in [0.1, 0.15) is 17.2 Å². The summed E-state index contributed by atoms with van der Waals surface area (Å²) in [5.74, 6) is -1.39. The van der Waals surface area contributed by atoms with Crippen LogP contribution >= 0.6 is 0 Å². The lowest BCUT2D eigenvalue weighted by molar-refractivity contribution is 0.0696.